The third kappa shape index (κ3) is 6.23. The Kier molecular flexibility index (Phi) is 6.07. The summed E-state index contributed by atoms with van der Waals surface area (Å²) in [7, 11) is 0. The first kappa shape index (κ1) is 17.8. The first-order chi connectivity index (χ1) is 10.8. The van der Waals surface area contributed by atoms with E-state index in [0.717, 1.165) is 21.6 Å². The molecule has 4 nitrogen and oxygen atoms in total. The number of para-hydroxylation sites is 1. The van der Waals surface area contributed by atoms with Gasteiger partial charge in [0.05, 0.1) is 3.79 Å². The number of carbonyl (C=O) groups is 1. The maximum Gasteiger partial charge on any atom is 0.407 e. The maximum absolute atomic E-state index is 11.8. The van der Waals surface area contributed by atoms with Gasteiger partial charge in [0, 0.05) is 23.7 Å². The highest BCUT2D eigenvalue weighted by Crippen LogP contribution is 2.23. The van der Waals surface area contributed by atoms with Crippen molar-refractivity contribution in [3.05, 3.63) is 50.6 Å². The quantitative estimate of drug-likeness (QED) is 0.734. The number of ether oxygens (including phenoxy) is 1. The van der Waals surface area contributed by atoms with Gasteiger partial charge in [0.2, 0.25) is 0 Å². The second-order valence-electron chi connectivity index (χ2n) is 6.07. The number of carbonyl (C=O) groups excluding carboxylic acids is 1. The van der Waals surface area contributed by atoms with Crippen molar-refractivity contribution in [2.45, 2.75) is 39.5 Å². The van der Waals surface area contributed by atoms with Gasteiger partial charge in [-0.15, -0.1) is 11.3 Å². The highest BCUT2D eigenvalue weighted by Gasteiger charge is 2.16. The predicted molar refractivity (Wildman–Crippen MR) is 98.9 cm³/mol. The Morgan fingerprint density at radius 3 is 2.57 bits per heavy atom. The molecule has 6 heteroatoms. The van der Waals surface area contributed by atoms with E-state index < -0.39 is 11.7 Å². The molecule has 1 aromatic carbocycles. The summed E-state index contributed by atoms with van der Waals surface area (Å²) in [5.41, 5.74) is 1.54. The zero-order valence-corrected chi connectivity index (χ0v) is 15.9. The van der Waals surface area contributed by atoms with Crippen LogP contribution in [-0.2, 0) is 17.8 Å². The highest BCUT2D eigenvalue weighted by atomic mass is 79.9. The second kappa shape index (κ2) is 7.84. The molecule has 124 valence electrons. The summed E-state index contributed by atoms with van der Waals surface area (Å²) in [6.45, 7) is 6.72. The van der Waals surface area contributed by atoms with E-state index in [-0.39, 0.29) is 0 Å². The summed E-state index contributed by atoms with van der Waals surface area (Å²) in [4.78, 5) is 13.0. The van der Waals surface area contributed by atoms with Crippen molar-refractivity contribution in [3.63, 3.8) is 0 Å². The summed E-state index contributed by atoms with van der Waals surface area (Å²) >= 11 is 5.17. The molecule has 0 radical (unpaired) electrons. The second-order valence-corrected chi connectivity index (χ2v) is 8.62. The number of alkyl carbamates (subject to hydrolysis) is 1. The lowest BCUT2D eigenvalue weighted by molar-refractivity contribution is 0.0523. The molecule has 2 aromatic rings. The van der Waals surface area contributed by atoms with Crippen LogP contribution in [0.1, 0.15) is 31.2 Å². The number of rotatable bonds is 5. The van der Waals surface area contributed by atoms with E-state index in [4.69, 9.17) is 4.74 Å². The zero-order valence-electron chi connectivity index (χ0n) is 13.5. The van der Waals surface area contributed by atoms with Crippen molar-refractivity contribution in [3.8, 4) is 0 Å². The number of thiophene rings is 1. The molecule has 0 aliphatic rings. The first-order valence-electron chi connectivity index (χ1n) is 7.36. The Hall–Kier alpha value is -1.53. The Morgan fingerprint density at radius 2 is 1.91 bits per heavy atom. The summed E-state index contributed by atoms with van der Waals surface area (Å²) in [5.74, 6) is 0. The van der Waals surface area contributed by atoms with Crippen LogP contribution in [0.3, 0.4) is 0 Å². The lowest BCUT2D eigenvalue weighted by Crippen LogP contribution is -2.32. The van der Waals surface area contributed by atoms with E-state index >= 15 is 0 Å². The van der Waals surface area contributed by atoms with Crippen molar-refractivity contribution in [1.29, 1.82) is 0 Å². The van der Waals surface area contributed by atoms with Crippen LogP contribution >= 0.6 is 27.3 Å². The number of hydrogen-bond acceptors (Lipinski definition) is 4. The minimum Gasteiger partial charge on any atom is -0.444 e. The molecule has 2 N–H and O–H groups in total. The van der Waals surface area contributed by atoms with Crippen LogP contribution in [-0.4, -0.2) is 11.7 Å². The maximum atomic E-state index is 11.8. The average molecular weight is 397 g/mol. The van der Waals surface area contributed by atoms with E-state index in [0.29, 0.717) is 6.54 Å². The largest absolute Gasteiger partial charge is 0.444 e. The van der Waals surface area contributed by atoms with Crippen LogP contribution in [0.4, 0.5) is 10.5 Å². The molecular weight excluding hydrogens is 376 g/mol. The molecule has 0 bridgehead atoms. The average Bonchev–Trinajstić information content (AvgIpc) is 2.87. The molecule has 0 fully saturated rings. The Balaban J connectivity index is 1.93. The van der Waals surface area contributed by atoms with E-state index in [1.54, 1.807) is 11.3 Å². The number of amides is 1. The predicted octanol–water partition coefficient (Wildman–Crippen LogP) is 5.15. The molecule has 0 saturated carbocycles. The van der Waals surface area contributed by atoms with E-state index in [1.807, 2.05) is 51.1 Å². The minimum atomic E-state index is -0.492. The monoisotopic (exact) mass is 396 g/mol. The third-order valence-corrected chi connectivity index (χ3v) is 4.54. The third-order valence-electron chi connectivity index (χ3n) is 2.92. The number of nitrogens with one attached hydrogen (secondary N) is 2. The number of hydrogen-bond donors (Lipinski definition) is 2. The summed E-state index contributed by atoms with van der Waals surface area (Å²) in [6.07, 6.45) is -0.408. The lowest BCUT2D eigenvalue weighted by atomic mass is 10.1. The van der Waals surface area contributed by atoms with Crippen LogP contribution in [0.25, 0.3) is 0 Å². The summed E-state index contributed by atoms with van der Waals surface area (Å²) in [6, 6.07) is 12.1. The van der Waals surface area contributed by atoms with Crippen LogP contribution in [0, 0.1) is 0 Å². The molecule has 0 spiro atoms. The molecule has 0 aliphatic heterocycles. The molecule has 0 saturated heterocycles. The molecule has 23 heavy (non-hydrogen) atoms. The highest BCUT2D eigenvalue weighted by molar-refractivity contribution is 9.11. The number of benzene rings is 1. The van der Waals surface area contributed by atoms with Crippen LogP contribution < -0.4 is 10.6 Å². The standard InChI is InChI=1S/C17H21BrN2O2S/c1-17(2,3)22-16(21)20-10-12-6-4-5-7-14(12)19-11-13-8-9-15(18)23-13/h4-9,19H,10-11H2,1-3H3,(H,20,21). The van der Waals surface area contributed by atoms with Crippen LogP contribution in [0.15, 0.2) is 40.2 Å². The molecule has 1 aromatic heterocycles. The van der Waals surface area contributed by atoms with E-state index in [2.05, 4.69) is 32.6 Å². The molecule has 1 heterocycles. The van der Waals surface area contributed by atoms with Gasteiger partial charge in [-0.05, 0) is 60.5 Å². The number of anilines is 1. The topological polar surface area (TPSA) is 50.4 Å². The summed E-state index contributed by atoms with van der Waals surface area (Å²) in [5, 5.41) is 6.20. The van der Waals surface area contributed by atoms with Crippen LogP contribution in [0.5, 0.6) is 0 Å². The molecule has 0 aliphatic carbocycles. The van der Waals surface area contributed by atoms with Gasteiger partial charge in [-0.2, -0.15) is 0 Å². The zero-order chi connectivity index (χ0) is 16.9. The Morgan fingerprint density at radius 1 is 1.17 bits per heavy atom. The fourth-order valence-electron chi connectivity index (χ4n) is 1.96. The van der Waals surface area contributed by atoms with Gasteiger partial charge in [-0.25, -0.2) is 4.79 Å². The Bertz CT molecular complexity index is 665. The van der Waals surface area contributed by atoms with Gasteiger partial charge in [0.1, 0.15) is 5.60 Å². The van der Waals surface area contributed by atoms with Crippen molar-refractivity contribution in [2.75, 3.05) is 5.32 Å². The minimum absolute atomic E-state index is 0.408. The van der Waals surface area contributed by atoms with Gasteiger partial charge < -0.3 is 15.4 Å². The van der Waals surface area contributed by atoms with Crippen molar-refractivity contribution in [1.82, 2.24) is 5.32 Å². The normalized spacial score (nSPS) is 11.1. The molecule has 1 amide bonds. The van der Waals surface area contributed by atoms with E-state index in [1.165, 1.54) is 4.88 Å². The van der Waals surface area contributed by atoms with Gasteiger partial charge >= 0.3 is 6.09 Å². The Labute approximate surface area is 149 Å². The molecule has 0 atom stereocenters. The lowest BCUT2D eigenvalue weighted by Gasteiger charge is -2.20. The van der Waals surface area contributed by atoms with Gasteiger partial charge in [0.25, 0.3) is 0 Å². The fraction of sp³-hybridized carbons (Fsp3) is 0.353. The van der Waals surface area contributed by atoms with Gasteiger partial charge in [0.15, 0.2) is 0 Å². The molecule has 0 unspecified atom stereocenters. The number of halogens is 1. The summed E-state index contributed by atoms with van der Waals surface area (Å²) < 4.78 is 6.38. The molecule has 2 rings (SSSR count). The van der Waals surface area contributed by atoms with Crippen molar-refractivity contribution >= 4 is 39.0 Å². The van der Waals surface area contributed by atoms with Crippen LogP contribution in [0.2, 0.25) is 0 Å². The van der Waals surface area contributed by atoms with Crippen molar-refractivity contribution < 1.29 is 9.53 Å². The van der Waals surface area contributed by atoms with E-state index in [9.17, 15) is 4.79 Å². The van der Waals surface area contributed by atoms with Gasteiger partial charge in [-0.3, -0.25) is 0 Å². The first-order valence-corrected chi connectivity index (χ1v) is 8.97. The smallest absolute Gasteiger partial charge is 0.407 e. The SMILES string of the molecule is CC(C)(C)OC(=O)NCc1ccccc1NCc1ccc(Br)s1. The van der Waals surface area contributed by atoms with Crippen molar-refractivity contribution in [2.24, 2.45) is 0 Å². The van der Waals surface area contributed by atoms with Gasteiger partial charge in [-0.1, -0.05) is 18.2 Å². The fourth-order valence-corrected chi connectivity index (χ4v) is 3.38. The molecular formula is C17H21BrN2O2S.